The van der Waals surface area contributed by atoms with E-state index in [2.05, 4.69) is 0 Å². The highest BCUT2D eigenvalue weighted by molar-refractivity contribution is 5.80. The van der Waals surface area contributed by atoms with E-state index in [1.807, 2.05) is 20.8 Å². The largest absolute Gasteiger partial charge is 0.299 e. The van der Waals surface area contributed by atoms with E-state index in [1.165, 1.54) is 12.8 Å². The van der Waals surface area contributed by atoms with Crippen molar-refractivity contribution in [1.82, 2.24) is 0 Å². The Kier molecular flexibility index (Phi) is 6.19. The molecule has 1 fully saturated rings. The molecule has 0 unspecified atom stereocenters. The molecule has 66 valence electrons. The second kappa shape index (κ2) is 6.38. The zero-order valence-electron chi connectivity index (χ0n) is 8.02. The molecular weight excluding hydrogens is 136 g/mol. The first-order valence-electron chi connectivity index (χ1n) is 4.87. The minimum absolute atomic E-state index is 0.440. The second-order valence-electron chi connectivity index (χ2n) is 2.80. The van der Waals surface area contributed by atoms with Crippen LogP contribution in [-0.4, -0.2) is 5.78 Å². The predicted octanol–water partition coefficient (Wildman–Crippen LogP) is 3.18. The van der Waals surface area contributed by atoms with Crippen LogP contribution in [0.2, 0.25) is 0 Å². The summed E-state index contributed by atoms with van der Waals surface area (Å²) in [6, 6.07) is 0. The van der Waals surface area contributed by atoms with E-state index in [4.69, 9.17) is 0 Å². The molecule has 0 amide bonds. The van der Waals surface area contributed by atoms with Gasteiger partial charge in [0.25, 0.3) is 0 Å². The molecule has 0 aliphatic heterocycles. The van der Waals surface area contributed by atoms with Gasteiger partial charge in [-0.05, 0) is 12.8 Å². The maximum atomic E-state index is 11.0. The molecule has 0 atom stereocenters. The molecule has 1 rings (SSSR count). The van der Waals surface area contributed by atoms with Crippen molar-refractivity contribution in [2.45, 2.75) is 52.9 Å². The molecule has 0 spiro atoms. The molecule has 0 N–H and O–H groups in total. The van der Waals surface area contributed by atoms with Crippen LogP contribution in [-0.2, 0) is 4.79 Å². The summed E-state index contributed by atoms with van der Waals surface area (Å²) in [6.45, 7) is 5.96. The van der Waals surface area contributed by atoms with Crippen LogP contribution < -0.4 is 0 Å². The summed E-state index contributed by atoms with van der Waals surface area (Å²) in [4.78, 5) is 11.0. The van der Waals surface area contributed by atoms with Gasteiger partial charge in [0.15, 0.2) is 0 Å². The summed E-state index contributed by atoms with van der Waals surface area (Å²) < 4.78 is 0. The lowest BCUT2D eigenvalue weighted by molar-refractivity contribution is -0.122. The molecule has 0 saturated heterocycles. The maximum Gasteiger partial charge on any atom is 0.135 e. The SMILES string of the molecule is CC.CCC(=O)C1CCCC1. The summed E-state index contributed by atoms with van der Waals surface area (Å²) in [6.07, 6.45) is 5.61. The number of Topliss-reactive ketones (excluding diaryl/α,β-unsaturated/α-hetero) is 1. The highest BCUT2D eigenvalue weighted by atomic mass is 16.1. The van der Waals surface area contributed by atoms with Crippen LogP contribution in [0.1, 0.15) is 52.9 Å². The zero-order valence-corrected chi connectivity index (χ0v) is 8.02. The first-order chi connectivity index (χ1) is 5.34. The molecule has 0 aromatic carbocycles. The highest BCUT2D eigenvalue weighted by Crippen LogP contribution is 2.25. The molecule has 0 heterocycles. The Balaban J connectivity index is 0.000000461. The molecule has 11 heavy (non-hydrogen) atoms. The van der Waals surface area contributed by atoms with E-state index in [0.717, 1.165) is 19.3 Å². The van der Waals surface area contributed by atoms with Gasteiger partial charge < -0.3 is 0 Å². The Bertz CT molecular complexity index is 101. The molecule has 1 saturated carbocycles. The number of carbonyl (C=O) groups is 1. The van der Waals surface area contributed by atoms with Gasteiger partial charge in [-0.15, -0.1) is 0 Å². The smallest absolute Gasteiger partial charge is 0.135 e. The highest BCUT2D eigenvalue weighted by Gasteiger charge is 2.20. The fourth-order valence-electron chi connectivity index (χ4n) is 1.54. The van der Waals surface area contributed by atoms with Gasteiger partial charge in [-0.1, -0.05) is 33.6 Å². The van der Waals surface area contributed by atoms with Gasteiger partial charge in [-0.2, -0.15) is 0 Å². The minimum atomic E-state index is 0.440. The van der Waals surface area contributed by atoms with Crippen LogP contribution in [0, 0.1) is 5.92 Å². The number of hydrogen-bond acceptors (Lipinski definition) is 1. The molecule has 1 nitrogen and oxygen atoms in total. The van der Waals surface area contributed by atoms with Crippen LogP contribution in [0.4, 0.5) is 0 Å². The van der Waals surface area contributed by atoms with E-state index in [1.54, 1.807) is 0 Å². The van der Waals surface area contributed by atoms with Crippen LogP contribution in [0.25, 0.3) is 0 Å². The van der Waals surface area contributed by atoms with E-state index >= 15 is 0 Å². The third-order valence-electron chi connectivity index (χ3n) is 2.16. The van der Waals surface area contributed by atoms with Gasteiger partial charge in [-0.25, -0.2) is 0 Å². The summed E-state index contributed by atoms with van der Waals surface area (Å²) in [5.41, 5.74) is 0. The van der Waals surface area contributed by atoms with Gasteiger partial charge in [0, 0.05) is 12.3 Å². The Morgan fingerprint density at radius 1 is 1.27 bits per heavy atom. The summed E-state index contributed by atoms with van der Waals surface area (Å²) in [5.74, 6) is 0.919. The predicted molar refractivity (Wildman–Crippen MR) is 48.6 cm³/mol. The normalized spacial score (nSPS) is 17.4. The van der Waals surface area contributed by atoms with Crippen molar-refractivity contribution in [2.75, 3.05) is 0 Å². The topological polar surface area (TPSA) is 17.1 Å². The Hall–Kier alpha value is -0.330. The molecule has 1 aliphatic carbocycles. The van der Waals surface area contributed by atoms with Crippen LogP contribution >= 0.6 is 0 Å². The third-order valence-corrected chi connectivity index (χ3v) is 2.16. The van der Waals surface area contributed by atoms with Gasteiger partial charge in [0.1, 0.15) is 5.78 Å². The Labute approximate surface area is 70.2 Å². The van der Waals surface area contributed by atoms with Crippen molar-refractivity contribution in [3.63, 3.8) is 0 Å². The maximum absolute atomic E-state index is 11.0. The van der Waals surface area contributed by atoms with Crippen molar-refractivity contribution in [3.05, 3.63) is 0 Å². The fraction of sp³-hybridized carbons (Fsp3) is 0.900. The monoisotopic (exact) mass is 156 g/mol. The van der Waals surface area contributed by atoms with Crippen molar-refractivity contribution >= 4 is 5.78 Å². The first kappa shape index (κ1) is 10.7. The fourth-order valence-corrected chi connectivity index (χ4v) is 1.54. The van der Waals surface area contributed by atoms with Crippen LogP contribution in [0.3, 0.4) is 0 Å². The average molecular weight is 156 g/mol. The Morgan fingerprint density at radius 2 is 1.73 bits per heavy atom. The zero-order chi connectivity index (χ0) is 8.69. The lowest BCUT2D eigenvalue weighted by Crippen LogP contribution is -2.07. The quantitative estimate of drug-likeness (QED) is 0.600. The number of ketones is 1. The van der Waals surface area contributed by atoms with E-state index in [0.29, 0.717) is 11.7 Å². The molecule has 1 aliphatic rings. The first-order valence-corrected chi connectivity index (χ1v) is 4.87. The number of hydrogen-bond donors (Lipinski definition) is 0. The standard InChI is InChI=1S/C8H14O.C2H6/c1-2-8(9)7-5-3-4-6-7;1-2/h7H,2-6H2,1H3;1-2H3. The lowest BCUT2D eigenvalue weighted by Gasteiger charge is -2.02. The van der Waals surface area contributed by atoms with Crippen LogP contribution in [0.15, 0.2) is 0 Å². The van der Waals surface area contributed by atoms with Gasteiger partial charge in [0.05, 0.1) is 0 Å². The molecule has 0 aromatic heterocycles. The van der Waals surface area contributed by atoms with Crippen molar-refractivity contribution in [2.24, 2.45) is 5.92 Å². The third kappa shape index (κ3) is 3.54. The van der Waals surface area contributed by atoms with Crippen molar-refractivity contribution in [3.8, 4) is 0 Å². The second-order valence-corrected chi connectivity index (χ2v) is 2.80. The summed E-state index contributed by atoms with van der Waals surface area (Å²) in [7, 11) is 0. The van der Waals surface area contributed by atoms with E-state index < -0.39 is 0 Å². The Morgan fingerprint density at radius 3 is 2.09 bits per heavy atom. The summed E-state index contributed by atoms with van der Waals surface area (Å²) in [5, 5.41) is 0. The molecule has 0 aromatic rings. The molecule has 0 bridgehead atoms. The number of rotatable bonds is 2. The minimum Gasteiger partial charge on any atom is -0.299 e. The number of carbonyl (C=O) groups excluding carboxylic acids is 1. The van der Waals surface area contributed by atoms with E-state index in [-0.39, 0.29) is 0 Å². The van der Waals surface area contributed by atoms with Gasteiger partial charge >= 0.3 is 0 Å². The molecular formula is C10H20O. The van der Waals surface area contributed by atoms with Crippen molar-refractivity contribution in [1.29, 1.82) is 0 Å². The van der Waals surface area contributed by atoms with Gasteiger partial charge in [0.2, 0.25) is 0 Å². The van der Waals surface area contributed by atoms with E-state index in [9.17, 15) is 4.79 Å². The molecule has 0 radical (unpaired) electrons. The average Bonchev–Trinajstić information content (AvgIpc) is 2.59. The van der Waals surface area contributed by atoms with Crippen LogP contribution in [0.5, 0.6) is 0 Å². The summed E-state index contributed by atoms with van der Waals surface area (Å²) >= 11 is 0. The molecule has 1 heteroatoms. The van der Waals surface area contributed by atoms with Gasteiger partial charge in [-0.3, -0.25) is 4.79 Å². The lowest BCUT2D eigenvalue weighted by atomic mass is 10.0. The van der Waals surface area contributed by atoms with Crippen molar-refractivity contribution < 1.29 is 4.79 Å².